The molecule has 0 radical (unpaired) electrons. The maximum Gasteiger partial charge on any atom is 0.140 e. The second-order valence-electron chi connectivity index (χ2n) is 5.77. The average Bonchev–Trinajstić information content (AvgIpc) is 2.76. The summed E-state index contributed by atoms with van der Waals surface area (Å²) in [4.78, 5) is 6.68. The Kier molecular flexibility index (Phi) is 4.02. The van der Waals surface area contributed by atoms with Gasteiger partial charge < -0.3 is 5.73 Å². The van der Waals surface area contributed by atoms with Crippen LogP contribution in [0.4, 0.5) is 0 Å². The van der Waals surface area contributed by atoms with E-state index >= 15 is 0 Å². The van der Waals surface area contributed by atoms with Gasteiger partial charge in [0.05, 0.1) is 6.54 Å². The van der Waals surface area contributed by atoms with Crippen molar-refractivity contribution in [2.45, 2.75) is 44.7 Å². The molecule has 1 aromatic heterocycles. The van der Waals surface area contributed by atoms with E-state index in [1.165, 1.54) is 25.7 Å². The van der Waals surface area contributed by atoms with Crippen molar-refractivity contribution in [2.24, 2.45) is 18.7 Å². The van der Waals surface area contributed by atoms with Crippen molar-refractivity contribution in [3.63, 3.8) is 0 Å². The number of hydrogen-bond donors (Lipinski definition) is 1. The summed E-state index contributed by atoms with van der Waals surface area (Å²) < 4.78 is 1.84. The molecule has 5 heteroatoms. The quantitative estimate of drug-likeness (QED) is 0.872. The molecule has 0 unspecified atom stereocenters. The monoisotopic (exact) mass is 251 g/mol. The van der Waals surface area contributed by atoms with E-state index < -0.39 is 0 Å². The molecule has 0 aliphatic heterocycles. The summed E-state index contributed by atoms with van der Waals surface area (Å²) in [6.45, 7) is 3.89. The lowest BCUT2D eigenvalue weighted by molar-refractivity contribution is 0.0586. The zero-order valence-electron chi connectivity index (χ0n) is 11.8. The smallest absolute Gasteiger partial charge is 0.140 e. The molecule has 0 atom stereocenters. The Balaban J connectivity index is 2.06. The Morgan fingerprint density at radius 2 is 2.17 bits per heavy atom. The zero-order chi connectivity index (χ0) is 13.2. The van der Waals surface area contributed by atoms with Crippen molar-refractivity contribution < 1.29 is 0 Å². The number of aryl methyl sites for hydroxylation is 1. The fourth-order valence-corrected chi connectivity index (χ4v) is 2.88. The number of likely N-dealkylation sites (N-methyl/N-ethyl adjacent to an activating group) is 1. The van der Waals surface area contributed by atoms with Crippen LogP contribution in [-0.2, 0) is 13.6 Å². The molecule has 1 saturated carbocycles. The molecule has 0 saturated heterocycles. The standard InChI is InChI=1S/C13H25N5/c1-11-4-6-13(9-14,7-5-11)17(2)8-12-15-10-16-18(12)3/h10-11H,4-9,14H2,1-3H3. The van der Waals surface area contributed by atoms with Gasteiger partial charge in [0, 0.05) is 19.1 Å². The van der Waals surface area contributed by atoms with Crippen LogP contribution >= 0.6 is 0 Å². The van der Waals surface area contributed by atoms with Crippen LogP contribution in [-0.4, -0.2) is 38.8 Å². The predicted molar refractivity (Wildman–Crippen MR) is 71.9 cm³/mol. The second-order valence-corrected chi connectivity index (χ2v) is 5.77. The lowest BCUT2D eigenvalue weighted by atomic mass is 9.76. The number of rotatable bonds is 4. The van der Waals surface area contributed by atoms with E-state index in [9.17, 15) is 0 Å². The summed E-state index contributed by atoms with van der Waals surface area (Å²) in [7, 11) is 4.10. The van der Waals surface area contributed by atoms with Gasteiger partial charge in [-0.2, -0.15) is 5.10 Å². The molecule has 1 heterocycles. The Morgan fingerprint density at radius 1 is 1.50 bits per heavy atom. The summed E-state index contributed by atoms with van der Waals surface area (Å²) >= 11 is 0. The Hall–Kier alpha value is -0.940. The summed E-state index contributed by atoms with van der Waals surface area (Å²) in [5.74, 6) is 1.84. The Bertz CT molecular complexity index is 378. The topological polar surface area (TPSA) is 60.0 Å². The molecule has 1 aromatic rings. The molecule has 0 bridgehead atoms. The van der Waals surface area contributed by atoms with Gasteiger partial charge in [-0.25, -0.2) is 4.98 Å². The maximum absolute atomic E-state index is 6.07. The van der Waals surface area contributed by atoms with Crippen molar-refractivity contribution in [3.05, 3.63) is 12.2 Å². The third-order valence-corrected chi connectivity index (χ3v) is 4.58. The number of aromatic nitrogens is 3. The molecule has 2 N–H and O–H groups in total. The number of nitrogens with two attached hydrogens (primary N) is 1. The first-order valence-electron chi connectivity index (χ1n) is 6.81. The molecule has 0 spiro atoms. The molecule has 102 valence electrons. The van der Waals surface area contributed by atoms with Crippen LogP contribution in [0.3, 0.4) is 0 Å². The van der Waals surface area contributed by atoms with Crippen molar-refractivity contribution >= 4 is 0 Å². The molecule has 18 heavy (non-hydrogen) atoms. The fraction of sp³-hybridized carbons (Fsp3) is 0.846. The molecule has 1 aliphatic rings. The molecule has 1 aliphatic carbocycles. The van der Waals surface area contributed by atoms with Crippen LogP contribution in [0.25, 0.3) is 0 Å². The molecular formula is C13H25N5. The first-order chi connectivity index (χ1) is 8.57. The molecule has 1 fully saturated rings. The van der Waals surface area contributed by atoms with Crippen LogP contribution in [0, 0.1) is 5.92 Å². The highest BCUT2D eigenvalue weighted by Gasteiger charge is 2.36. The SMILES string of the molecule is CC1CCC(CN)(N(C)Cc2ncnn2C)CC1. The van der Waals surface area contributed by atoms with E-state index in [-0.39, 0.29) is 5.54 Å². The van der Waals surface area contributed by atoms with Gasteiger partial charge in [-0.1, -0.05) is 6.92 Å². The van der Waals surface area contributed by atoms with Gasteiger partial charge in [0.2, 0.25) is 0 Å². The van der Waals surface area contributed by atoms with Crippen LogP contribution in [0.5, 0.6) is 0 Å². The third kappa shape index (κ3) is 2.57. The summed E-state index contributed by atoms with van der Waals surface area (Å²) in [5.41, 5.74) is 6.22. The first-order valence-corrected chi connectivity index (χ1v) is 6.81. The van der Waals surface area contributed by atoms with E-state index in [1.54, 1.807) is 6.33 Å². The first kappa shape index (κ1) is 13.5. The Labute approximate surface area is 109 Å². The molecule has 2 rings (SSSR count). The lowest BCUT2D eigenvalue weighted by Gasteiger charge is -2.45. The highest BCUT2D eigenvalue weighted by atomic mass is 15.3. The van der Waals surface area contributed by atoms with Gasteiger partial charge in [-0.3, -0.25) is 9.58 Å². The van der Waals surface area contributed by atoms with E-state index in [0.717, 1.165) is 24.8 Å². The minimum atomic E-state index is 0.151. The van der Waals surface area contributed by atoms with E-state index in [0.29, 0.717) is 0 Å². The highest BCUT2D eigenvalue weighted by molar-refractivity contribution is 4.96. The van der Waals surface area contributed by atoms with E-state index in [4.69, 9.17) is 5.73 Å². The van der Waals surface area contributed by atoms with Crippen LogP contribution in [0.2, 0.25) is 0 Å². The van der Waals surface area contributed by atoms with Gasteiger partial charge in [0.25, 0.3) is 0 Å². The zero-order valence-corrected chi connectivity index (χ0v) is 11.8. The largest absolute Gasteiger partial charge is 0.329 e. The second kappa shape index (κ2) is 5.36. The molecular weight excluding hydrogens is 226 g/mol. The summed E-state index contributed by atoms with van der Waals surface area (Å²) in [6.07, 6.45) is 6.56. The van der Waals surface area contributed by atoms with Crippen molar-refractivity contribution in [3.8, 4) is 0 Å². The lowest BCUT2D eigenvalue weighted by Crippen LogP contribution is -2.53. The van der Waals surface area contributed by atoms with Crippen molar-refractivity contribution in [2.75, 3.05) is 13.6 Å². The van der Waals surface area contributed by atoms with Crippen molar-refractivity contribution in [1.29, 1.82) is 0 Å². The molecule has 0 aromatic carbocycles. The average molecular weight is 251 g/mol. The summed E-state index contributed by atoms with van der Waals surface area (Å²) in [5, 5.41) is 4.12. The minimum absolute atomic E-state index is 0.151. The number of hydrogen-bond acceptors (Lipinski definition) is 4. The van der Waals surface area contributed by atoms with Crippen LogP contribution < -0.4 is 5.73 Å². The van der Waals surface area contributed by atoms with Gasteiger partial charge in [-0.15, -0.1) is 0 Å². The maximum atomic E-state index is 6.07. The molecule has 0 amide bonds. The van der Waals surface area contributed by atoms with Gasteiger partial charge >= 0.3 is 0 Å². The van der Waals surface area contributed by atoms with Gasteiger partial charge in [-0.05, 0) is 38.6 Å². The van der Waals surface area contributed by atoms with Crippen LogP contribution in [0.15, 0.2) is 6.33 Å². The van der Waals surface area contributed by atoms with Crippen molar-refractivity contribution in [1.82, 2.24) is 19.7 Å². The predicted octanol–water partition coefficient (Wildman–Crippen LogP) is 1.15. The number of nitrogens with zero attached hydrogens (tertiary/aromatic N) is 4. The minimum Gasteiger partial charge on any atom is -0.329 e. The fourth-order valence-electron chi connectivity index (χ4n) is 2.88. The highest BCUT2D eigenvalue weighted by Crippen LogP contribution is 2.35. The van der Waals surface area contributed by atoms with Gasteiger partial charge in [0.1, 0.15) is 12.2 Å². The third-order valence-electron chi connectivity index (χ3n) is 4.58. The Morgan fingerprint density at radius 3 is 2.67 bits per heavy atom. The van der Waals surface area contributed by atoms with Gasteiger partial charge in [0.15, 0.2) is 0 Å². The molecule has 5 nitrogen and oxygen atoms in total. The van der Waals surface area contributed by atoms with Crippen LogP contribution in [0.1, 0.15) is 38.4 Å². The normalized spacial score (nSPS) is 28.8. The van der Waals surface area contributed by atoms with E-state index in [2.05, 4.69) is 29.0 Å². The summed E-state index contributed by atoms with van der Waals surface area (Å²) in [6, 6.07) is 0. The van der Waals surface area contributed by atoms with E-state index in [1.807, 2.05) is 11.7 Å².